The van der Waals surface area contributed by atoms with Gasteiger partial charge in [-0.15, -0.1) is 0 Å². The van der Waals surface area contributed by atoms with Gasteiger partial charge in [-0.05, 0) is 0 Å². The van der Waals surface area contributed by atoms with E-state index in [1.165, 1.54) is 0 Å². The normalized spacial score (nSPS) is 49.1. The van der Waals surface area contributed by atoms with Crippen molar-refractivity contribution in [3.05, 3.63) is 0 Å². The first-order valence-corrected chi connectivity index (χ1v) is 7.44. The van der Waals surface area contributed by atoms with Gasteiger partial charge in [-0.3, -0.25) is 9.05 Å². The Morgan fingerprint density at radius 2 is 1.29 bits per heavy atom. The third kappa shape index (κ3) is 2.73. The van der Waals surface area contributed by atoms with E-state index in [0.29, 0.717) is 0 Å². The second-order valence-corrected chi connectivity index (χ2v) is 7.39. The second kappa shape index (κ2) is 3.79. The van der Waals surface area contributed by atoms with Crippen LogP contribution in [0.2, 0.25) is 0 Å². The summed E-state index contributed by atoms with van der Waals surface area (Å²) in [6.45, 7) is 0. The molecular weight excluding hydrogens is 261 g/mol. The monoisotopic (exact) mass is 268 g/mol. The molecule has 14 heavy (non-hydrogen) atoms. The molecule has 1 rings (SSSR count). The summed E-state index contributed by atoms with van der Waals surface area (Å²) in [5.74, 6) is 0. The SMILES string of the molecule is COP1(=O)OP(=O)(O)OP(=O)(OC)O1. The van der Waals surface area contributed by atoms with Crippen LogP contribution in [0.5, 0.6) is 0 Å². The molecule has 0 bridgehead atoms. The third-order valence-corrected chi connectivity index (χ3v) is 6.80. The Balaban J connectivity index is 3.06. The van der Waals surface area contributed by atoms with Gasteiger partial charge in [0.15, 0.2) is 0 Å². The van der Waals surface area contributed by atoms with Gasteiger partial charge in [-0.1, -0.05) is 0 Å². The lowest BCUT2D eigenvalue weighted by atomic mass is 11.8. The lowest BCUT2D eigenvalue weighted by molar-refractivity contribution is 0.140. The first kappa shape index (κ1) is 12.5. The van der Waals surface area contributed by atoms with Crippen LogP contribution in [-0.2, 0) is 35.7 Å². The molecule has 12 heteroatoms. The maximum absolute atomic E-state index is 11.3. The molecule has 0 aromatic carbocycles. The summed E-state index contributed by atoms with van der Waals surface area (Å²) < 4.78 is 53.8. The molecular formula is C2H7O9P3. The molecule has 2 unspecified atom stereocenters. The van der Waals surface area contributed by atoms with Crippen LogP contribution < -0.4 is 0 Å². The fourth-order valence-electron chi connectivity index (χ4n) is 0.553. The van der Waals surface area contributed by atoms with E-state index < -0.39 is 23.5 Å². The zero-order valence-corrected chi connectivity index (χ0v) is 9.74. The van der Waals surface area contributed by atoms with Crippen LogP contribution in [0.4, 0.5) is 0 Å². The van der Waals surface area contributed by atoms with E-state index in [4.69, 9.17) is 4.89 Å². The van der Waals surface area contributed by atoms with Crippen molar-refractivity contribution in [1.82, 2.24) is 0 Å². The van der Waals surface area contributed by atoms with Gasteiger partial charge in [0.25, 0.3) is 0 Å². The molecule has 9 nitrogen and oxygen atoms in total. The van der Waals surface area contributed by atoms with E-state index in [0.717, 1.165) is 14.2 Å². The highest BCUT2D eigenvalue weighted by atomic mass is 31.3. The summed E-state index contributed by atoms with van der Waals surface area (Å²) in [6, 6.07) is 0. The highest BCUT2D eigenvalue weighted by molar-refractivity contribution is 7.75. The summed E-state index contributed by atoms with van der Waals surface area (Å²) in [5, 5.41) is 0. The van der Waals surface area contributed by atoms with Crippen molar-refractivity contribution < 1.29 is 40.6 Å². The Morgan fingerprint density at radius 1 is 0.929 bits per heavy atom. The van der Waals surface area contributed by atoms with Crippen molar-refractivity contribution in [2.75, 3.05) is 14.2 Å². The Hall–Kier alpha value is 0.450. The van der Waals surface area contributed by atoms with Crippen LogP contribution >= 0.6 is 23.5 Å². The fraction of sp³-hybridized carbons (Fsp3) is 1.00. The molecule has 0 amide bonds. The van der Waals surface area contributed by atoms with Crippen LogP contribution in [0.15, 0.2) is 0 Å². The van der Waals surface area contributed by atoms with Crippen LogP contribution in [-0.4, -0.2) is 19.1 Å². The summed E-state index contributed by atoms with van der Waals surface area (Å²) in [7, 11) is -11.8. The van der Waals surface area contributed by atoms with Gasteiger partial charge < -0.3 is 4.89 Å². The molecule has 1 aliphatic heterocycles. The van der Waals surface area contributed by atoms with Gasteiger partial charge in [-0.25, -0.2) is 13.7 Å². The van der Waals surface area contributed by atoms with Gasteiger partial charge in [0.1, 0.15) is 0 Å². The topological polar surface area (TPSA) is 118 Å². The summed E-state index contributed by atoms with van der Waals surface area (Å²) in [4.78, 5) is 8.83. The molecule has 0 aromatic rings. The summed E-state index contributed by atoms with van der Waals surface area (Å²) >= 11 is 0. The zero-order chi connectivity index (χ0) is 11.0. The molecule has 0 saturated carbocycles. The quantitative estimate of drug-likeness (QED) is 0.745. The Kier molecular flexibility index (Phi) is 3.39. The standard InChI is InChI=1S/C2H7O9P3/c1-7-13(5)9-12(3,4)10-14(6,8-2)11-13/h1-2H3,(H,3,4). The first-order chi connectivity index (χ1) is 6.24. The minimum atomic E-state index is -4.76. The third-order valence-electron chi connectivity index (χ3n) is 1.05. The van der Waals surface area contributed by atoms with E-state index in [-0.39, 0.29) is 0 Å². The fourth-order valence-corrected chi connectivity index (χ4v) is 5.78. The number of rotatable bonds is 2. The lowest BCUT2D eigenvalue weighted by Gasteiger charge is -2.27. The molecule has 1 saturated heterocycles. The van der Waals surface area contributed by atoms with Crippen molar-refractivity contribution >= 4 is 23.5 Å². The minimum Gasteiger partial charge on any atom is -0.302 e. The molecule has 1 heterocycles. The number of phosphoric acid groups is 3. The van der Waals surface area contributed by atoms with Gasteiger partial charge in [0.2, 0.25) is 0 Å². The van der Waals surface area contributed by atoms with E-state index in [1.807, 2.05) is 0 Å². The molecule has 0 radical (unpaired) electrons. The molecule has 1 fully saturated rings. The maximum Gasteiger partial charge on any atom is 0.492 e. The average molecular weight is 268 g/mol. The zero-order valence-electron chi connectivity index (χ0n) is 7.05. The Morgan fingerprint density at radius 3 is 1.57 bits per heavy atom. The Bertz CT molecular complexity index is 329. The highest BCUT2D eigenvalue weighted by Gasteiger charge is 2.54. The van der Waals surface area contributed by atoms with E-state index in [2.05, 4.69) is 22.0 Å². The van der Waals surface area contributed by atoms with Gasteiger partial charge >= 0.3 is 23.5 Å². The largest absolute Gasteiger partial charge is 0.492 e. The highest BCUT2D eigenvalue weighted by Crippen LogP contribution is 2.81. The lowest BCUT2D eigenvalue weighted by Crippen LogP contribution is -2.06. The van der Waals surface area contributed by atoms with Crippen molar-refractivity contribution in [2.45, 2.75) is 0 Å². The van der Waals surface area contributed by atoms with E-state index in [9.17, 15) is 13.7 Å². The number of hydrogen-bond acceptors (Lipinski definition) is 8. The summed E-state index contributed by atoms with van der Waals surface area (Å²) in [6.07, 6.45) is 0. The van der Waals surface area contributed by atoms with E-state index >= 15 is 0 Å². The van der Waals surface area contributed by atoms with Gasteiger partial charge in [-0.2, -0.15) is 12.9 Å². The maximum atomic E-state index is 11.3. The number of hydrogen-bond donors (Lipinski definition) is 1. The summed E-state index contributed by atoms with van der Waals surface area (Å²) in [5.41, 5.74) is 0. The van der Waals surface area contributed by atoms with Crippen LogP contribution in [0.1, 0.15) is 0 Å². The molecule has 0 aromatic heterocycles. The Labute approximate surface area is 79.1 Å². The second-order valence-electron chi connectivity index (χ2n) is 1.97. The van der Waals surface area contributed by atoms with E-state index in [1.54, 1.807) is 0 Å². The van der Waals surface area contributed by atoms with Crippen molar-refractivity contribution in [3.63, 3.8) is 0 Å². The van der Waals surface area contributed by atoms with Gasteiger partial charge in [0.05, 0.1) is 0 Å². The molecule has 0 spiro atoms. The molecule has 0 aliphatic carbocycles. The van der Waals surface area contributed by atoms with Gasteiger partial charge in [0, 0.05) is 14.2 Å². The van der Waals surface area contributed by atoms with Crippen molar-refractivity contribution in [2.24, 2.45) is 0 Å². The average Bonchev–Trinajstić information content (AvgIpc) is 2.00. The predicted octanol–water partition coefficient (Wildman–Crippen LogP) is 1.66. The first-order valence-electron chi connectivity index (χ1n) is 3.02. The van der Waals surface area contributed by atoms with Crippen LogP contribution in [0.3, 0.4) is 0 Å². The predicted molar refractivity (Wildman–Crippen MR) is 42.3 cm³/mol. The molecule has 1 N–H and O–H groups in total. The molecule has 2 atom stereocenters. The van der Waals surface area contributed by atoms with Crippen LogP contribution in [0.25, 0.3) is 0 Å². The molecule has 1 aliphatic rings. The molecule has 84 valence electrons. The van der Waals surface area contributed by atoms with Crippen molar-refractivity contribution in [3.8, 4) is 0 Å². The smallest absolute Gasteiger partial charge is 0.302 e. The van der Waals surface area contributed by atoms with Crippen molar-refractivity contribution in [1.29, 1.82) is 0 Å². The minimum absolute atomic E-state index is 0.881. The van der Waals surface area contributed by atoms with Crippen LogP contribution in [0, 0.1) is 0 Å².